The summed E-state index contributed by atoms with van der Waals surface area (Å²) in [7, 11) is -4.10. The number of allylic oxidation sites excluding steroid dienone is 2. The second kappa shape index (κ2) is 5.84. The van der Waals surface area contributed by atoms with Crippen LogP contribution in [0.3, 0.4) is 0 Å². The van der Waals surface area contributed by atoms with Crippen LogP contribution in [0.25, 0.3) is 0 Å². The van der Waals surface area contributed by atoms with Gasteiger partial charge in [-0.2, -0.15) is 0 Å². The molecule has 1 amide bonds. The third kappa shape index (κ3) is 2.42. The lowest BCUT2D eigenvalue weighted by Crippen LogP contribution is -2.36. The Hall–Kier alpha value is -1.82. The molecular weight excluding hydrogens is 393 g/mol. The fourth-order valence-electron chi connectivity index (χ4n) is 3.51. The molecule has 1 heterocycles. The van der Waals surface area contributed by atoms with Crippen LogP contribution in [0.1, 0.15) is 22.6 Å². The molecule has 4 nitrogen and oxygen atoms in total. The van der Waals surface area contributed by atoms with Crippen LogP contribution in [0.2, 0.25) is 0 Å². The van der Waals surface area contributed by atoms with E-state index in [-0.39, 0.29) is 4.90 Å². The molecule has 0 radical (unpaired) electrons. The highest BCUT2D eigenvalue weighted by molar-refractivity contribution is 7.89. The SMILES string of the molecule is Cc1ccc(S(=O)(=O)N2C(=O)C(Cl)(Cl)C3C2=CCc2ccccc23)cc1. The lowest BCUT2D eigenvalue weighted by Gasteiger charge is -2.26. The Kier molecular flexibility index (Phi) is 3.95. The van der Waals surface area contributed by atoms with Crippen LogP contribution in [0.5, 0.6) is 0 Å². The maximum atomic E-state index is 13.2. The summed E-state index contributed by atoms with van der Waals surface area (Å²) < 4.78 is 25.2. The van der Waals surface area contributed by atoms with Crippen molar-refractivity contribution < 1.29 is 13.2 Å². The monoisotopic (exact) mass is 407 g/mol. The number of hydrogen-bond donors (Lipinski definition) is 0. The third-order valence-electron chi connectivity index (χ3n) is 4.82. The first-order valence-electron chi connectivity index (χ1n) is 8.06. The second-order valence-electron chi connectivity index (χ2n) is 6.48. The van der Waals surface area contributed by atoms with E-state index in [0.717, 1.165) is 21.0 Å². The van der Waals surface area contributed by atoms with E-state index < -0.39 is 26.2 Å². The molecule has 1 aliphatic heterocycles. The van der Waals surface area contributed by atoms with E-state index in [2.05, 4.69) is 0 Å². The number of alkyl halides is 2. The van der Waals surface area contributed by atoms with Crippen molar-refractivity contribution in [2.75, 3.05) is 0 Å². The Labute approximate surface area is 162 Å². The number of fused-ring (bicyclic) bond motifs is 3. The highest BCUT2D eigenvalue weighted by Crippen LogP contribution is 2.54. The highest BCUT2D eigenvalue weighted by atomic mass is 35.5. The average molecular weight is 408 g/mol. The van der Waals surface area contributed by atoms with Gasteiger partial charge in [-0.3, -0.25) is 4.79 Å². The molecule has 26 heavy (non-hydrogen) atoms. The van der Waals surface area contributed by atoms with Gasteiger partial charge in [-0.05, 0) is 36.6 Å². The zero-order valence-electron chi connectivity index (χ0n) is 13.8. The molecule has 1 unspecified atom stereocenters. The topological polar surface area (TPSA) is 54.5 Å². The van der Waals surface area contributed by atoms with Gasteiger partial charge < -0.3 is 0 Å². The molecule has 1 saturated heterocycles. The molecule has 134 valence electrons. The first kappa shape index (κ1) is 17.6. The molecule has 1 fully saturated rings. The first-order chi connectivity index (χ1) is 12.2. The average Bonchev–Trinajstić information content (AvgIpc) is 2.82. The van der Waals surface area contributed by atoms with Crippen molar-refractivity contribution in [1.29, 1.82) is 0 Å². The molecule has 1 atom stereocenters. The quantitative estimate of drug-likeness (QED) is 0.708. The normalized spacial score (nSPS) is 21.2. The van der Waals surface area contributed by atoms with Crippen molar-refractivity contribution in [2.24, 2.45) is 0 Å². The van der Waals surface area contributed by atoms with Gasteiger partial charge in [0, 0.05) is 5.70 Å². The summed E-state index contributed by atoms with van der Waals surface area (Å²) in [6.07, 6.45) is 2.24. The number of rotatable bonds is 2. The number of nitrogens with zero attached hydrogens (tertiary/aromatic N) is 1. The molecular formula is C19H15Cl2NO3S. The van der Waals surface area contributed by atoms with Crippen LogP contribution in [0.15, 0.2) is 65.2 Å². The zero-order chi connectivity index (χ0) is 18.7. The predicted octanol–water partition coefficient (Wildman–Crippen LogP) is 3.92. The van der Waals surface area contributed by atoms with Gasteiger partial charge in [0.15, 0.2) is 0 Å². The molecule has 0 aromatic heterocycles. The van der Waals surface area contributed by atoms with Crippen LogP contribution >= 0.6 is 23.2 Å². The number of halogens is 2. The third-order valence-corrected chi connectivity index (χ3v) is 7.30. The molecule has 2 aromatic rings. The largest absolute Gasteiger partial charge is 0.278 e. The van der Waals surface area contributed by atoms with E-state index in [1.54, 1.807) is 18.2 Å². The Bertz CT molecular complexity index is 1040. The number of amides is 1. The molecule has 0 bridgehead atoms. The van der Waals surface area contributed by atoms with Crippen molar-refractivity contribution >= 4 is 39.1 Å². The van der Waals surface area contributed by atoms with Gasteiger partial charge in [-0.25, -0.2) is 12.7 Å². The fourth-order valence-corrected chi connectivity index (χ4v) is 5.75. The van der Waals surface area contributed by atoms with Gasteiger partial charge in [-0.15, -0.1) is 0 Å². The van der Waals surface area contributed by atoms with Crippen molar-refractivity contribution in [2.45, 2.75) is 28.5 Å². The molecule has 2 aromatic carbocycles. The highest BCUT2D eigenvalue weighted by Gasteiger charge is 2.60. The van der Waals surface area contributed by atoms with E-state index in [1.807, 2.05) is 31.2 Å². The number of aryl methyl sites for hydroxylation is 1. The minimum atomic E-state index is -4.10. The minimum Gasteiger partial charge on any atom is -0.270 e. The zero-order valence-corrected chi connectivity index (χ0v) is 16.1. The van der Waals surface area contributed by atoms with Crippen molar-refractivity contribution in [3.63, 3.8) is 0 Å². The minimum absolute atomic E-state index is 0.0287. The van der Waals surface area contributed by atoms with Gasteiger partial charge in [-0.1, -0.05) is 71.2 Å². The maximum absolute atomic E-state index is 13.2. The van der Waals surface area contributed by atoms with E-state index in [1.165, 1.54) is 12.1 Å². The van der Waals surface area contributed by atoms with Gasteiger partial charge in [0.2, 0.25) is 4.33 Å². The number of benzene rings is 2. The standard InChI is InChI=1S/C19H15Cl2NO3S/c1-12-6-9-14(10-7-12)26(24,25)22-16-11-8-13-4-2-3-5-15(13)17(16)19(20,21)18(22)23/h2-7,9-11,17H,8H2,1H3. The van der Waals surface area contributed by atoms with E-state index in [0.29, 0.717) is 12.1 Å². The number of hydrogen-bond acceptors (Lipinski definition) is 3. The van der Waals surface area contributed by atoms with Crippen LogP contribution in [-0.2, 0) is 21.2 Å². The second-order valence-corrected chi connectivity index (χ2v) is 9.65. The van der Waals surface area contributed by atoms with Crippen LogP contribution in [0, 0.1) is 6.92 Å². The lowest BCUT2D eigenvalue weighted by atomic mass is 9.85. The Morgan fingerprint density at radius 3 is 2.42 bits per heavy atom. The van der Waals surface area contributed by atoms with Crippen molar-refractivity contribution in [3.05, 3.63) is 77.0 Å². The Balaban J connectivity index is 1.88. The number of carbonyl (C=O) groups is 1. The smallest absolute Gasteiger partial charge is 0.270 e. The molecule has 4 rings (SSSR count). The first-order valence-corrected chi connectivity index (χ1v) is 10.3. The van der Waals surface area contributed by atoms with E-state index >= 15 is 0 Å². The fraction of sp³-hybridized carbons (Fsp3) is 0.211. The summed E-state index contributed by atoms with van der Waals surface area (Å²) >= 11 is 12.8. The van der Waals surface area contributed by atoms with E-state index in [9.17, 15) is 13.2 Å². The predicted molar refractivity (Wildman–Crippen MR) is 101 cm³/mol. The molecule has 0 spiro atoms. The number of carbonyl (C=O) groups excluding carboxylic acids is 1. The molecule has 0 saturated carbocycles. The lowest BCUT2D eigenvalue weighted by molar-refractivity contribution is -0.123. The molecule has 7 heteroatoms. The summed E-state index contributed by atoms with van der Waals surface area (Å²) in [4.78, 5) is 13.0. The van der Waals surface area contributed by atoms with Crippen LogP contribution in [0.4, 0.5) is 0 Å². The summed E-state index contributed by atoms with van der Waals surface area (Å²) in [5.74, 6) is -1.56. The van der Waals surface area contributed by atoms with Crippen LogP contribution < -0.4 is 0 Å². The van der Waals surface area contributed by atoms with Gasteiger partial charge in [0.1, 0.15) is 0 Å². The van der Waals surface area contributed by atoms with Gasteiger partial charge in [0.25, 0.3) is 15.9 Å². The molecule has 0 N–H and O–H groups in total. The molecule has 1 aliphatic carbocycles. The summed E-state index contributed by atoms with van der Waals surface area (Å²) in [6, 6.07) is 13.8. The number of sulfonamides is 1. The van der Waals surface area contributed by atoms with Gasteiger partial charge in [0.05, 0.1) is 10.8 Å². The van der Waals surface area contributed by atoms with Crippen LogP contribution in [-0.4, -0.2) is 23.0 Å². The van der Waals surface area contributed by atoms with Gasteiger partial charge >= 0.3 is 0 Å². The summed E-state index contributed by atoms with van der Waals surface area (Å²) in [6.45, 7) is 1.86. The summed E-state index contributed by atoms with van der Waals surface area (Å²) in [5, 5.41) is 0. The van der Waals surface area contributed by atoms with Crippen molar-refractivity contribution in [1.82, 2.24) is 4.31 Å². The van der Waals surface area contributed by atoms with E-state index in [4.69, 9.17) is 23.2 Å². The Morgan fingerprint density at radius 1 is 1.08 bits per heavy atom. The van der Waals surface area contributed by atoms with Crippen molar-refractivity contribution in [3.8, 4) is 0 Å². The summed E-state index contributed by atoms with van der Waals surface area (Å²) in [5.41, 5.74) is 3.00. The maximum Gasteiger partial charge on any atom is 0.278 e. The Morgan fingerprint density at radius 2 is 1.73 bits per heavy atom. The molecule has 2 aliphatic rings.